The molecule has 0 aromatic carbocycles. The first-order valence-electron chi connectivity index (χ1n) is 5.09. The van der Waals surface area contributed by atoms with Gasteiger partial charge >= 0.3 is 0 Å². The van der Waals surface area contributed by atoms with Crippen LogP contribution in [0.1, 0.15) is 27.2 Å². The molecule has 4 nitrogen and oxygen atoms in total. The van der Waals surface area contributed by atoms with Crippen LogP contribution in [0.2, 0.25) is 0 Å². The lowest BCUT2D eigenvalue weighted by Crippen LogP contribution is -2.45. The topological polar surface area (TPSA) is 63.2 Å². The molecule has 0 heterocycles. The number of amides is 1. The third kappa shape index (κ3) is 7.06. The van der Waals surface area contributed by atoms with Crippen molar-refractivity contribution in [3.63, 3.8) is 0 Å². The van der Waals surface area contributed by atoms with Crippen molar-refractivity contribution >= 4 is 27.3 Å². The van der Waals surface area contributed by atoms with Crippen molar-refractivity contribution in [3.05, 3.63) is 0 Å². The molecule has 0 radical (unpaired) electrons. The molecule has 0 rings (SSSR count). The summed E-state index contributed by atoms with van der Waals surface area (Å²) in [5.74, 6) is -0.504. The molecule has 16 heavy (non-hydrogen) atoms. The Balaban J connectivity index is 4.48. The Kier molecular flexibility index (Phi) is 5.76. The van der Waals surface area contributed by atoms with Gasteiger partial charge in [-0.05, 0) is 11.8 Å². The molecule has 96 valence electrons. The van der Waals surface area contributed by atoms with Crippen molar-refractivity contribution in [3.8, 4) is 0 Å². The van der Waals surface area contributed by atoms with Gasteiger partial charge in [0.2, 0.25) is 5.91 Å². The number of nitrogens with one attached hydrogen (secondary N) is 1. The molecule has 0 aromatic rings. The fraction of sp³-hybridized carbons (Fsp3) is 0.900. The van der Waals surface area contributed by atoms with Gasteiger partial charge in [0.05, 0.1) is 0 Å². The SMILES string of the molecule is CC(C)(C)C(CCCl)NC(=O)CS(C)(=O)=O. The highest BCUT2D eigenvalue weighted by Crippen LogP contribution is 2.22. The van der Waals surface area contributed by atoms with Gasteiger partial charge in [-0.25, -0.2) is 8.42 Å². The molecule has 0 aromatic heterocycles. The summed E-state index contributed by atoms with van der Waals surface area (Å²) in [5, 5.41) is 2.71. The average molecular weight is 270 g/mol. The van der Waals surface area contributed by atoms with Crippen LogP contribution in [0.15, 0.2) is 0 Å². The van der Waals surface area contributed by atoms with Crippen LogP contribution in [-0.4, -0.2) is 38.3 Å². The highest BCUT2D eigenvalue weighted by Gasteiger charge is 2.26. The van der Waals surface area contributed by atoms with Crippen LogP contribution in [0.5, 0.6) is 0 Å². The number of carbonyl (C=O) groups is 1. The van der Waals surface area contributed by atoms with Crippen LogP contribution in [0.25, 0.3) is 0 Å². The summed E-state index contributed by atoms with van der Waals surface area (Å²) in [4.78, 5) is 11.5. The van der Waals surface area contributed by atoms with E-state index in [0.717, 1.165) is 6.26 Å². The van der Waals surface area contributed by atoms with Crippen LogP contribution in [0, 0.1) is 5.41 Å². The lowest BCUT2D eigenvalue weighted by Gasteiger charge is -2.31. The molecular weight excluding hydrogens is 250 g/mol. The van der Waals surface area contributed by atoms with E-state index in [1.54, 1.807) is 0 Å². The molecule has 0 aliphatic carbocycles. The van der Waals surface area contributed by atoms with Crippen LogP contribution in [0.3, 0.4) is 0 Å². The van der Waals surface area contributed by atoms with Crippen LogP contribution in [-0.2, 0) is 14.6 Å². The van der Waals surface area contributed by atoms with Crippen molar-refractivity contribution in [1.82, 2.24) is 5.32 Å². The zero-order chi connectivity index (χ0) is 13.0. The monoisotopic (exact) mass is 269 g/mol. The summed E-state index contributed by atoms with van der Waals surface area (Å²) >= 11 is 5.65. The zero-order valence-corrected chi connectivity index (χ0v) is 11.8. The minimum Gasteiger partial charge on any atom is -0.352 e. The molecule has 1 unspecified atom stereocenters. The Morgan fingerprint density at radius 3 is 2.19 bits per heavy atom. The first-order chi connectivity index (χ1) is 7.06. The van der Waals surface area contributed by atoms with Crippen LogP contribution in [0.4, 0.5) is 0 Å². The molecule has 0 saturated heterocycles. The van der Waals surface area contributed by atoms with E-state index in [9.17, 15) is 13.2 Å². The summed E-state index contributed by atoms with van der Waals surface area (Å²) in [5.41, 5.74) is -0.137. The number of carbonyl (C=O) groups excluding carboxylic acids is 1. The molecular formula is C10H20ClNO3S. The number of halogens is 1. The van der Waals surface area contributed by atoms with Gasteiger partial charge in [-0.3, -0.25) is 4.79 Å². The van der Waals surface area contributed by atoms with Gasteiger partial charge in [0.15, 0.2) is 9.84 Å². The summed E-state index contributed by atoms with van der Waals surface area (Å²) < 4.78 is 21.9. The molecule has 1 amide bonds. The number of alkyl halides is 1. The minimum absolute atomic E-state index is 0.112. The number of hydrogen-bond acceptors (Lipinski definition) is 3. The largest absolute Gasteiger partial charge is 0.352 e. The van der Waals surface area contributed by atoms with Gasteiger partial charge < -0.3 is 5.32 Å². The summed E-state index contributed by atoms with van der Waals surface area (Å²) in [6.45, 7) is 5.93. The second kappa shape index (κ2) is 5.87. The van der Waals surface area contributed by atoms with Crippen molar-refractivity contribution in [2.24, 2.45) is 5.41 Å². The van der Waals surface area contributed by atoms with E-state index < -0.39 is 21.5 Å². The van der Waals surface area contributed by atoms with E-state index in [1.807, 2.05) is 20.8 Å². The molecule has 0 aliphatic heterocycles. The van der Waals surface area contributed by atoms with Gasteiger partial charge in [-0.2, -0.15) is 0 Å². The lowest BCUT2D eigenvalue weighted by atomic mass is 9.85. The summed E-state index contributed by atoms with van der Waals surface area (Å²) in [7, 11) is -3.27. The maximum absolute atomic E-state index is 11.5. The normalized spacial score (nSPS) is 14.6. The second-order valence-corrected chi connectivity index (χ2v) is 7.55. The van der Waals surface area contributed by atoms with Crippen molar-refractivity contribution < 1.29 is 13.2 Å². The van der Waals surface area contributed by atoms with E-state index in [-0.39, 0.29) is 11.5 Å². The minimum atomic E-state index is -3.27. The quantitative estimate of drug-likeness (QED) is 0.763. The summed E-state index contributed by atoms with van der Waals surface area (Å²) in [6.07, 6.45) is 1.67. The van der Waals surface area contributed by atoms with Gasteiger partial charge in [-0.15, -0.1) is 11.6 Å². The fourth-order valence-electron chi connectivity index (χ4n) is 1.30. The van der Waals surface area contributed by atoms with E-state index in [2.05, 4.69) is 5.32 Å². The lowest BCUT2D eigenvalue weighted by molar-refractivity contribution is -0.120. The smallest absolute Gasteiger partial charge is 0.235 e. The Bertz CT molecular complexity index is 332. The standard InChI is InChI=1S/C10H20ClNO3S/c1-10(2,3)8(5-6-11)12-9(13)7-16(4,14)15/h8H,5-7H2,1-4H3,(H,12,13). The summed E-state index contributed by atoms with van der Waals surface area (Å²) in [6, 6.07) is -0.112. The van der Waals surface area contributed by atoms with Crippen molar-refractivity contribution in [1.29, 1.82) is 0 Å². The third-order valence-electron chi connectivity index (χ3n) is 2.17. The molecule has 1 N–H and O–H groups in total. The number of sulfone groups is 1. The fourth-order valence-corrected chi connectivity index (χ4v) is 2.08. The number of rotatable bonds is 5. The van der Waals surface area contributed by atoms with E-state index in [1.165, 1.54) is 0 Å². The highest BCUT2D eigenvalue weighted by molar-refractivity contribution is 7.91. The maximum Gasteiger partial charge on any atom is 0.235 e. The van der Waals surface area contributed by atoms with E-state index in [0.29, 0.717) is 12.3 Å². The van der Waals surface area contributed by atoms with Crippen molar-refractivity contribution in [2.45, 2.75) is 33.2 Å². The average Bonchev–Trinajstić information content (AvgIpc) is 1.97. The van der Waals surface area contributed by atoms with Crippen LogP contribution >= 0.6 is 11.6 Å². The Morgan fingerprint density at radius 1 is 1.38 bits per heavy atom. The first kappa shape index (κ1) is 15.7. The molecule has 0 spiro atoms. The Labute approximate surface area is 103 Å². The van der Waals surface area contributed by atoms with Gasteiger partial charge in [0.1, 0.15) is 5.75 Å². The molecule has 1 atom stereocenters. The molecule has 0 saturated carbocycles. The molecule has 0 bridgehead atoms. The van der Waals surface area contributed by atoms with Crippen molar-refractivity contribution in [2.75, 3.05) is 17.9 Å². The number of hydrogen-bond donors (Lipinski definition) is 1. The molecule has 0 fully saturated rings. The highest BCUT2D eigenvalue weighted by atomic mass is 35.5. The Hall–Kier alpha value is -0.290. The van der Waals surface area contributed by atoms with E-state index >= 15 is 0 Å². The molecule has 0 aliphatic rings. The maximum atomic E-state index is 11.5. The third-order valence-corrected chi connectivity index (χ3v) is 3.18. The predicted octanol–water partition coefficient (Wildman–Crippen LogP) is 1.19. The van der Waals surface area contributed by atoms with Gasteiger partial charge in [0, 0.05) is 18.2 Å². The molecule has 6 heteroatoms. The van der Waals surface area contributed by atoms with Gasteiger partial charge in [-0.1, -0.05) is 20.8 Å². The van der Waals surface area contributed by atoms with Gasteiger partial charge in [0.25, 0.3) is 0 Å². The zero-order valence-electron chi connectivity index (χ0n) is 10.2. The van der Waals surface area contributed by atoms with E-state index in [4.69, 9.17) is 11.6 Å². The predicted molar refractivity (Wildman–Crippen MR) is 66.4 cm³/mol. The second-order valence-electron chi connectivity index (χ2n) is 5.03. The Morgan fingerprint density at radius 2 is 1.88 bits per heavy atom. The first-order valence-corrected chi connectivity index (χ1v) is 7.69. The van der Waals surface area contributed by atoms with Crippen LogP contribution < -0.4 is 5.32 Å².